The Kier molecular flexibility index (Phi) is 6.43. The smallest absolute Gasteiger partial charge is 0.308 e. The van der Waals surface area contributed by atoms with Crippen LogP contribution in [0.4, 0.5) is 0 Å². The molecule has 1 unspecified atom stereocenters. The van der Waals surface area contributed by atoms with Crippen LogP contribution in [-0.4, -0.2) is 51.0 Å². The van der Waals surface area contributed by atoms with E-state index in [0.717, 1.165) is 0 Å². The van der Waals surface area contributed by atoms with Gasteiger partial charge in [0.2, 0.25) is 0 Å². The van der Waals surface area contributed by atoms with Crippen molar-refractivity contribution in [2.45, 2.75) is 12.8 Å². The third-order valence-electron chi connectivity index (χ3n) is 4.28. The van der Waals surface area contributed by atoms with E-state index in [0.29, 0.717) is 43.1 Å². The fraction of sp³-hybridized carbons (Fsp3) is 0.529. The predicted octanol–water partition coefficient (Wildman–Crippen LogP) is 1.56. The zero-order chi connectivity index (χ0) is 17.5. The lowest BCUT2D eigenvalue weighted by molar-refractivity contribution is -0.144. The number of nitrogens with one attached hydrogen (secondary N) is 1. The van der Waals surface area contributed by atoms with Crippen molar-refractivity contribution in [2.24, 2.45) is 11.8 Å². The molecule has 1 aliphatic heterocycles. The average molecular weight is 337 g/mol. The molecule has 132 valence electrons. The molecule has 0 radical (unpaired) electrons. The van der Waals surface area contributed by atoms with Gasteiger partial charge in [0, 0.05) is 25.3 Å². The summed E-state index contributed by atoms with van der Waals surface area (Å²) in [4.78, 5) is 23.8. The molecule has 1 aliphatic rings. The van der Waals surface area contributed by atoms with E-state index in [-0.39, 0.29) is 18.4 Å². The highest BCUT2D eigenvalue weighted by Gasteiger charge is 2.30. The summed E-state index contributed by atoms with van der Waals surface area (Å²) in [6.07, 6.45) is 1.40. The molecule has 0 aromatic heterocycles. The van der Waals surface area contributed by atoms with Gasteiger partial charge in [-0.2, -0.15) is 0 Å². The summed E-state index contributed by atoms with van der Waals surface area (Å²) in [6.45, 7) is 1.23. The Balaban J connectivity index is 2.01. The van der Waals surface area contributed by atoms with E-state index in [1.807, 2.05) is 0 Å². The topological polar surface area (TPSA) is 94.1 Å². The van der Waals surface area contributed by atoms with Crippen LogP contribution in [0.15, 0.2) is 18.2 Å². The number of hydrogen-bond donors (Lipinski definition) is 2. The molecule has 1 saturated heterocycles. The first-order valence-corrected chi connectivity index (χ1v) is 7.87. The van der Waals surface area contributed by atoms with Crippen molar-refractivity contribution in [3.05, 3.63) is 23.8 Å². The molecular formula is C17H23NO6. The van der Waals surface area contributed by atoms with Crippen molar-refractivity contribution in [2.75, 3.05) is 34.0 Å². The summed E-state index contributed by atoms with van der Waals surface area (Å²) in [5.41, 5.74) is 0.392. The van der Waals surface area contributed by atoms with E-state index in [2.05, 4.69) is 5.32 Å². The van der Waals surface area contributed by atoms with Crippen molar-refractivity contribution < 1.29 is 28.9 Å². The molecule has 7 heteroatoms. The van der Waals surface area contributed by atoms with Crippen molar-refractivity contribution >= 4 is 11.9 Å². The summed E-state index contributed by atoms with van der Waals surface area (Å²) >= 11 is 0. The highest BCUT2D eigenvalue weighted by atomic mass is 16.5. The summed E-state index contributed by atoms with van der Waals surface area (Å²) in [6, 6.07) is 4.82. The first kappa shape index (κ1) is 18.1. The van der Waals surface area contributed by atoms with Crippen LogP contribution in [0.5, 0.6) is 11.5 Å². The summed E-state index contributed by atoms with van der Waals surface area (Å²) in [7, 11) is 3.01. The number of carboxylic acid groups (broad SMARTS) is 1. The molecule has 2 rings (SSSR count). The molecule has 1 aromatic carbocycles. The van der Waals surface area contributed by atoms with Gasteiger partial charge >= 0.3 is 5.97 Å². The second-order valence-corrected chi connectivity index (χ2v) is 5.67. The van der Waals surface area contributed by atoms with Gasteiger partial charge in [-0.1, -0.05) is 0 Å². The van der Waals surface area contributed by atoms with Gasteiger partial charge in [-0.15, -0.1) is 0 Å². The Morgan fingerprint density at radius 1 is 1.25 bits per heavy atom. The molecule has 0 aliphatic carbocycles. The molecule has 1 heterocycles. The number of amides is 1. The predicted molar refractivity (Wildman–Crippen MR) is 86.5 cm³/mol. The molecular weight excluding hydrogens is 314 g/mol. The van der Waals surface area contributed by atoms with Gasteiger partial charge < -0.3 is 24.6 Å². The first-order chi connectivity index (χ1) is 11.6. The maximum Gasteiger partial charge on any atom is 0.308 e. The molecule has 7 nitrogen and oxygen atoms in total. The van der Waals surface area contributed by atoms with Crippen molar-refractivity contribution in [3.8, 4) is 11.5 Å². The standard InChI is InChI=1S/C17H23NO6/c1-22-14-4-3-12(9-15(14)23-2)16(19)18-10-13(17(20)21)11-5-7-24-8-6-11/h3-4,9,11,13H,5-8,10H2,1-2H3,(H,18,19)(H,20,21). The molecule has 1 amide bonds. The Morgan fingerprint density at radius 2 is 1.92 bits per heavy atom. The summed E-state index contributed by atoms with van der Waals surface area (Å²) in [5, 5.41) is 12.1. The minimum Gasteiger partial charge on any atom is -0.493 e. The molecule has 1 fully saturated rings. The van der Waals surface area contributed by atoms with Crippen LogP contribution in [0, 0.1) is 11.8 Å². The average Bonchev–Trinajstić information content (AvgIpc) is 2.61. The van der Waals surface area contributed by atoms with E-state index in [1.54, 1.807) is 18.2 Å². The normalized spacial score (nSPS) is 16.2. The van der Waals surface area contributed by atoms with Crippen LogP contribution in [0.1, 0.15) is 23.2 Å². The number of methoxy groups -OCH3 is 2. The minimum absolute atomic E-state index is 0.0157. The molecule has 0 saturated carbocycles. The quantitative estimate of drug-likeness (QED) is 0.784. The van der Waals surface area contributed by atoms with Crippen LogP contribution in [-0.2, 0) is 9.53 Å². The second-order valence-electron chi connectivity index (χ2n) is 5.67. The van der Waals surface area contributed by atoms with Gasteiger partial charge in [-0.25, -0.2) is 0 Å². The van der Waals surface area contributed by atoms with E-state index in [4.69, 9.17) is 14.2 Å². The van der Waals surface area contributed by atoms with Crippen LogP contribution in [0.2, 0.25) is 0 Å². The van der Waals surface area contributed by atoms with Gasteiger partial charge in [0.05, 0.1) is 20.1 Å². The molecule has 1 aromatic rings. The Hall–Kier alpha value is -2.28. The third-order valence-corrected chi connectivity index (χ3v) is 4.28. The van der Waals surface area contributed by atoms with Gasteiger partial charge in [-0.3, -0.25) is 9.59 Å². The van der Waals surface area contributed by atoms with Crippen molar-refractivity contribution in [3.63, 3.8) is 0 Å². The number of carbonyl (C=O) groups is 2. The second kappa shape index (κ2) is 8.54. The number of carbonyl (C=O) groups excluding carboxylic acids is 1. The zero-order valence-electron chi connectivity index (χ0n) is 13.9. The highest BCUT2D eigenvalue weighted by molar-refractivity contribution is 5.95. The van der Waals surface area contributed by atoms with Crippen LogP contribution in [0.3, 0.4) is 0 Å². The number of hydrogen-bond acceptors (Lipinski definition) is 5. The lowest BCUT2D eigenvalue weighted by atomic mass is 9.86. The lowest BCUT2D eigenvalue weighted by Gasteiger charge is -2.27. The number of benzene rings is 1. The molecule has 0 bridgehead atoms. The van der Waals surface area contributed by atoms with Crippen molar-refractivity contribution in [1.82, 2.24) is 5.32 Å². The third kappa shape index (κ3) is 4.38. The maximum absolute atomic E-state index is 12.3. The Morgan fingerprint density at radius 3 is 2.50 bits per heavy atom. The molecule has 2 N–H and O–H groups in total. The highest BCUT2D eigenvalue weighted by Crippen LogP contribution is 2.28. The Labute approximate surface area is 140 Å². The monoisotopic (exact) mass is 337 g/mol. The van der Waals surface area contributed by atoms with E-state index in [9.17, 15) is 14.7 Å². The number of carboxylic acids is 1. The van der Waals surface area contributed by atoms with Crippen LogP contribution in [0.25, 0.3) is 0 Å². The Bertz CT molecular complexity index is 582. The van der Waals surface area contributed by atoms with Crippen LogP contribution < -0.4 is 14.8 Å². The summed E-state index contributed by atoms with van der Waals surface area (Å²) < 4.78 is 15.6. The fourth-order valence-corrected chi connectivity index (χ4v) is 2.86. The SMILES string of the molecule is COc1ccc(C(=O)NCC(C(=O)O)C2CCOCC2)cc1OC. The molecule has 0 spiro atoms. The largest absolute Gasteiger partial charge is 0.493 e. The minimum atomic E-state index is -0.894. The zero-order valence-corrected chi connectivity index (χ0v) is 13.9. The van der Waals surface area contributed by atoms with Gasteiger partial charge in [0.25, 0.3) is 5.91 Å². The number of aliphatic carboxylic acids is 1. The van der Waals surface area contributed by atoms with E-state index < -0.39 is 11.9 Å². The van der Waals surface area contributed by atoms with Gasteiger partial charge in [0.1, 0.15) is 0 Å². The summed E-state index contributed by atoms with van der Waals surface area (Å²) in [5.74, 6) is -0.854. The molecule has 24 heavy (non-hydrogen) atoms. The van der Waals surface area contributed by atoms with Gasteiger partial charge in [-0.05, 0) is 37.0 Å². The fourth-order valence-electron chi connectivity index (χ4n) is 2.86. The van der Waals surface area contributed by atoms with E-state index >= 15 is 0 Å². The first-order valence-electron chi connectivity index (χ1n) is 7.87. The molecule has 1 atom stereocenters. The number of rotatable bonds is 7. The van der Waals surface area contributed by atoms with Crippen molar-refractivity contribution in [1.29, 1.82) is 0 Å². The van der Waals surface area contributed by atoms with Gasteiger partial charge in [0.15, 0.2) is 11.5 Å². The maximum atomic E-state index is 12.3. The van der Waals surface area contributed by atoms with E-state index in [1.165, 1.54) is 14.2 Å². The lowest BCUT2D eigenvalue weighted by Crippen LogP contribution is -2.39. The van der Waals surface area contributed by atoms with Crippen LogP contribution >= 0.6 is 0 Å². The number of ether oxygens (including phenoxy) is 3.